The summed E-state index contributed by atoms with van der Waals surface area (Å²) in [5, 5.41) is 8.09. The average Bonchev–Trinajstić information content (AvgIpc) is 2.83. The van der Waals surface area contributed by atoms with Crippen LogP contribution in [-0.2, 0) is 4.79 Å². The third-order valence-electron chi connectivity index (χ3n) is 2.45. The van der Waals surface area contributed by atoms with Crippen molar-refractivity contribution in [2.45, 2.75) is 0 Å². The summed E-state index contributed by atoms with van der Waals surface area (Å²) < 4.78 is 0. The molecule has 0 fully saturated rings. The highest BCUT2D eigenvalue weighted by Crippen LogP contribution is 2.27. The number of carbonyl (C=O) groups excluding carboxylic acids is 1. The van der Waals surface area contributed by atoms with Crippen LogP contribution in [-0.4, -0.2) is 10.9 Å². The zero-order valence-electron chi connectivity index (χ0n) is 7.77. The Labute approximate surface area is 85.3 Å². The number of benzene rings is 1. The van der Waals surface area contributed by atoms with E-state index in [1.54, 1.807) is 0 Å². The molecule has 1 N–H and O–H groups in total. The molecule has 0 saturated carbocycles. The van der Waals surface area contributed by atoms with E-state index < -0.39 is 0 Å². The van der Waals surface area contributed by atoms with Gasteiger partial charge >= 0.3 is 0 Å². The van der Waals surface area contributed by atoms with Crippen molar-refractivity contribution in [2.75, 3.05) is 0 Å². The molecule has 1 aromatic carbocycles. The van der Waals surface area contributed by atoms with E-state index in [2.05, 4.69) is 15.2 Å². The third kappa shape index (κ3) is 1.11. The summed E-state index contributed by atoms with van der Waals surface area (Å²) in [6.45, 7) is 0. The molecule has 1 aliphatic rings. The van der Waals surface area contributed by atoms with Crippen molar-refractivity contribution in [1.29, 1.82) is 0 Å². The molecule has 0 radical (unpaired) electrons. The zero-order valence-corrected chi connectivity index (χ0v) is 7.77. The number of rotatable bonds is 1. The first-order valence-electron chi connectivity index (χ1n) is 4.58. The molecule has 72 valence electrons. The molecule has 4 heteroatoms. The summed E-state index contributed by atoms with van der Waals surface area (Å²) in [5.41, 5.74) is 2.42. The SMILES string of the molecule is O=C1N=NC=C1c1c[nH]c2ccccc12. The number of H-pyrrole nitrogens is 1. The Morgan fingerprint density at radius 1 is 1.20 bits per heavy atom. The molecule has 0 unspecified atom stereocenters. The van der Waals surface area contributed by atoms with Crippen molar-refractivity contribution in [1.82, 2.24) is 4.98 Å². The van der Waals surface area contributed by atoms with Gasteiger partial charge in [-0.2, -0.15) is 5.11 Å². The lowest BCUT2D eigenvalue weighted by molar-refractivity contribution is -0.112. The summed E-state index contributed by atoms with van der Waals surface area (Å²) in [4.78, 5) is 14.5. The number of amides is 1. The first-order chi connectivity index (χ1) is 7.36. The van der Waals surface area contributed by atoms with Crippen LogP contribution in [0.15, 0.2) is 46.9 Å². The van der Waals surface area contributed by atoms with Crippen LogP contribution in [0.5, 0.6) is 0 Å². The molecule has 0 atom stereocenters. The van der Waals surface area contributed by atoms with Gasteiger partial charge in [0.1, 0.15) is 0 Å². The van der Waals surface area contributed by atoms with Gasteiger partial charge in [-0.05, 0) is 6.07 Å². The van der Waals surface area contributed by atoms with E-state index >= 15 is 0 Å². The third-order valence-corrected chi connectivity index (χ3v) is 2.45. The van der Waals surface area contributed by atoms with E-state index in [9.17, 15) is 4.79 Å². The second-order valence-corrected chi connectivity index (χ2v) is 3.31. The molecule has 15 heavy (non-hydrogen) atoms. The molecule has 2 aromatic rings. The number of para-hydroxylation sites is 1. The summed E-state index contributed by atoms with van der Waals surface area (Å²) in [6.07, 6.45) is 3.31. The van der Waals surface area contributed by atoms with E-state index in [4.69, 9.17) is 0 Å². The molecule has 0 spiro atoms. The van der Waals surface area contributed by atoms with E-state index in [0.717, 1.165) is 16.5 Å². The molecule has 1 amide bonds. The van der Waals surface area contributed by atoms with E-state index in [0.29, 0.717) is 5.57 Å². The largest absolute Gasteiger partial charge is 0.361 e. The highest BCUT2D eigenvalue weighted by molar-refractivity contribution is 6.23. The van der Waals surface area contributed by atoms with E-state index in [1.807, 2.05) is 30.5 Å². The minimum atomic E-state index is -0.278. The molecule has 1 aromatic heterocycles. The van der Waals surface area contributed by atoms with Crippen LogP contribution >= 0.6 is 0 Å². The fourth-order valence-corrected chi connectivity index (χ4v) is 1.73. The molecule has 3 rings (SSSR count). The van der Waals surface area contributed by atoms with Crippen LogP contribution in [0.2, 0.25) is 0 Å². The Balaban J connectivity index is 2.24. The average molecular weight is 197 g/mol. The first-order valence-corrected chi connectivity index (χ1v) is 4.58. The number of aromatic amines is 1. The highest BCUT2D eigenvalue weighted by atomic mass is 16.2. The van der Waals surface area contributed by atoms with E-state index in [1.165, 1.54) is 6.20 Å². The zero-order chi connectivity index (χ0) is 10.3. The number of carbonyl (C=O) groups is 1. The number of aromatic nitrogens is 1. The summed E-state index contributed by atoms with van der Waals surface area (Å²) in [5.74, 6) is -0.278. The van der Waals surface area contributed by atoms with Gasteiger partial charge in [0, 0.05) is 22.7 Å². The van der Waals surface area contributed by atoms with Crippen molar-refractivity contribution in [3.63, 3.8) is 0 Å². The van der Waals surface area contributed by atoms with Gasteiger partial charge in [-0.1, -0.05) is 18.2 Å². The van der Waals surface area contributed by atoms with Crippen LogP contribution in [0.1, 0.15) is 5.56 Å². The number of hydrogen-bond donors (Lipinski definition) is 1. The van der Waals surface area contributed by atoms with Gasteiger partial charge in [0.15, 0.2) is 0 Å². The maximum absolute atomic E-state index is 11.4. The van der Waals surface area contributed by atoms with Gasteiger partial charge in [0.05, 0.1) is 11.8 Å². The van der Waals surface area contributed by atoms with Crippen molar-refractivity contribution in [3.05, 3.63) is 42.2 Å². The quantitative estimate of drug-likeness (QED) is 0.750. The predicted molar refractivity (Wildman–Crippen MR) is 56.1 cm³/mol. The number of azo groups is 1. The fourth-order valence-electron chi connectivity index (χ4n) is 1.73. The fraction of sp³-hybridized carbons (Fsp3) is 0. The van der Waals surface area contributed by atoms with Crippen LogP contribution < -0.4 is 0 Å². The Kier molecular flexibility index (Phi) is 1.56. The number of hydrogen-bond acceptors (Lipinski definition) is 2. The van der Waals surface area contributed by atoms with Crippen molar-refractivity contribution in [3.8, 4) is 0 Å². The highest BCUT2D eigenvalue weighted by Gasteiger charge is 2.18. The van der Waals surface area contributed by atoms with Gasteiger partial charge in [0.25, 0.3) is 5.91 Å². The monoisotopic (exact) mass is 197 g/mol. The molecule has 0 saturated heterocycles. The van der Waals surface area contributed by atoms with Crippen LogP contribution in [0, 0.1) is 0 Å². The van der Waals surface area contributed by atoms with Crippen molar-refractivity contribution in [2.24, 2.45) is 10.2 Å². The van der Waals surface area contributed by atoms with Gasteiger partial charge in [-0.3, -0.25) is 4.79 Å². The topological polar surface area (TPSA) is 57.6 Å². The molecule has 0 aliphatic carbocycles. The molecular weight excluding hydrogens is 190 g/mol. The van der Waals surface area contributed by atoms with Crippen LogP contribution in [0.25, 0.3) is 16.5 Å². The minimum absolute atomic E-state index is 0.278. The Morgan fingerprint density at radius 3 is 2.87 bits per heavy atom. The van der Waals surface area contributed by atoms with Gasteiger partial charge in [-0.25, -0.2) is 0 Å². The second kappa shape index (κ2) is 2.88. The van der Waals surface area contributed by atoms with Gasteiger partial charge in [0.2, 0.25) is 0 Å². The predicted octanol–water partition coefficient (Wildman–Crippen LogP) is 2.50. The first kappa shape index (κ1) is 8.11. The summed E-state index contributed by atoms with van der Waals surface area (Å²) >= 11 is 0. The number of nitrogens with one attached hydrogen (secondary N) is 1. The number of fused-ring (bicyclic) bond motifs is 1. The van der Waals surface area contributed by atoms with Crippen LogP contribution in [0.3, 0.4) is 0 Å². The molecule has 1 aliphatic heterocycles. The van der Waals surface area contributed by atoms with Gasteiger partial charge in [-0.15, -0.1) is 5.11 Å². The van der Waals surface area contributed by atoms with Crippen molar-refractivity contribution < 1.29 is 4.79 Å². The Bertz CT molecular complexity index is 607. The minimum Gasteiger partial charge on any atom is -0.361 e. The normalized spacial score (nSPS) is 14.9. The van der Waals surface area contributed by atoms with Gasteiger partial charge < -0.3 is 4.98 Å². The number of nitrogens with zero attached hydrogens (tertiary/aromatic N) is 2. The Hall–Kier alpha value is -2.23. The van der Waals surface area contributed by atoms with E-state index in [-0.39, 0.29) is 5.91 Å². The lowest BCUT2D eigenvalue weighted by Gasteiger charge is -1.95. The smallest absolute Gasteiger partial charge is 0.297 e. The molecular formula is C11H7N3O. The maximum Gasteiger partial charge on any atom is 0.297 e. The molecule has 0 bridgehead atoms. The molecule has 2 heterocycles. The lowest BCUT2D eigenvalue weighted by Crippen LogP contribution is -1.92. The summed E-state index contributed by atoms with van der Waals surface area (Å²) in [7, 11) is 0. The Morgan fingerprint density at radius 2 is 2.07 bits per heavy atom. The standard InChI is InChI=1S/C11H7N3O/c15-11-9(6-13-14-11)8-5-12-10-4-2-1-3-7(8)10/h1-6,12H. The molecule has 4 nitrogen and oxygen atoms in total. The van der Waals surface area contributed by atoms with Crippen LogP contribution in [0.4, 0.5) is 0 Å². The lowest BCUT2D eigenvalue weighted by atomic mass is 10.1. The summed E-state index contributed by atoms with van der Waals surface area (Å²) in [6, 6.07) is 7.82. The second-order valence-electron chi connectivity index (χ2n) is 3.31. The maximum atomic E-state index is 11.4. The van der Waals surface area contributed by atoms with Crippen molar-refractivity contribution >= 4 is 22.4 Å².